The predicted molar refractivity (Wildman–Crippen MR) is 35.5 cm³/mol. The molecule has 0 spiro atoms. The average molecular weight is 140 g/mol. The summed E-state index contributed by atoms with van der Waals surface area (Å²) < 4.78 is 13.0. The molecule has 1 radical (unpaired) electrons. The SMILES string of the molecule is O=c1cc[c]cn1CCF. The van der Waals surface area contributed by atoms with Gasteiger partial charge in [-0.1, -0.05) is 0 Å². The van der Waals surface area contributed by atoms with Crippen LogP contribution in [0.5, 0.6) is 0 Å². The minimum absolute atomic E-state index is 0.121. The lowest BCUT2D eigenvalue weighted by atomic mass is 10.5. The van der Waals surface area contributed by atoms with Crippen molar-refractivity contribution in [2.24, 2.45) is 0 Å². The summed E-state index contributed by atoms with van der Waals surface area (Å²) in [5, 5.41) is 0. The molecule has 1 heterocycles. The van der Waals surface area contributed by atoms with Crippen LogP contribution in [-0.4, -0.2) is 11.2 Å². The Hall–Kier alpha value is -1.12. The van der Waals surface area contributed by atoms with E-state index in [1.807, 2.05) is 0 Å². The smallest absolute Gasteiger partial charge is 0.250 e. The van der Waals surface area contributed by atoms with E-state index in [4.69, 9.17) is 0 Å². The second kappa shape index (κ2) is 3.15. The molecule has 1 rings (SSSR count). The van der Waals surface area contributed by atoms with Crippen LogP contribution in [0.2, 0.25) is 0 Å². The largest absolute Gasteiger partial charge is 0.312 e. The topological polar surface area (TPSA) is 22.0 Å². The molecule has 1 aromatic rings. The van der Waals surface area contributed by atoms with Gasteiger partial charge in [-0.25, -0.2) is 4.39 Å². The number of nitrogens with zero attached hydrogens (tertiary/aromatic N) is 1. The van der Waals surface area contributed by atoms with Gasteiger partial charge in [-0.3, -0.25) is 4.79 Å². The van der Waals surface area contributed by atoms with Crippen LogP contribution in [-0.2, 0) is 6.54 Å². The Labute approximate surface area is 57.9 Å². The van der Waals surface area contributed by atoms with Gasteiger partial charge in [0.1, 0.15) is 6.67 Å². The molecule has 0 bridgehead atoms. The van der Waals surface area contributed by atoms with Crippen LogP contribution in [0.4, 0.5) is 4.39 Å². The van der Waals surface area contributed by atoms with Crippen molar-refractivity contribution in [3.63, 3.8) is 0 Å². The molecule has 0 aromatic carbocycles. The molecule has 0 saturated carbocycles. The summed E-state index contributed by atoms with van der Waals surface area (Å²) in [4.78, 5) is 10.8. The molecule has 0 fully saturated rings. The van der Waals surface area contributed by atoms with Crippen LogP contribution in [0.25, 0.3) is 0 Å². The summed E-state index contributed by atoms with van der Waals surface area (Å²) in [6.07, 6.45) is 1.45. The molecule has 2 nitrogen and oxygen atoms in total. The van der Waals surface area contributed by atoms with E-state index in [2.05, 4.69) is 6.07 Å². The van der Waals surface area contributed by atoms with Crippen molar-refractivity contribution in [3.05, 3.63) is 34.7 Å². The summed E-state index contributed by atoms with van der Waals surface area (Å²) in [5.74, 6) is 0. The standard InChI is InChI=1S/C7H7FNO/c8-4-6-9-5-2-1-3-7(9)10/h1,3,5H,4,6H2. The molecule has 1 aromatic heterocycles. The highest BCUT2D eigenvalue weighted by Crippen LogP contribution is 1.80. The van der Waals surface area contributed by atoms with Gasteiger partial charge in [-0.15, -0.1) is 0 Å². The fourth-order valence-electron chi connectivity index (χ4n) is 0.678. The normalized spacial score (nSPS) is 9.70. The highest BCUT2D eigenvalue weighted by Gasteiger charge is 1.90. The molecule has 0 aliphatic heterocycles. The molecule has 0 N–H and O–H groups in total. The first-order valence-electron chi connectivity index (χ1n) is 2.97. The van der Waals surface area contributed by atoms with Crippen LogP contribution in [0.1, 0.15) is 0 Å². The molecule has 0 saturated heterocycles. The number of hydrogen-bond acceptors (Lipinski definition) is 1. The molecule has 3 heteroatoms. The van der Waals surface area contributed by atoms with Gasteiger partial charge >= 0.3 is 0 Å². The second-order valence-electron chi connectivity index (χ2n) is 1.85. The van der Waals surface area contributed by atoms with Crippen LogP contribution in [0.3, 0.4) is 0 Å². The number of aryl methyl sites for hydroxylation is 1. The first-order chi connectivity index (χ1) is 4.84. The van der Waals surface area contributed by atoms with Crippen molar-refractivity contribution in [3.8, 4) is 0 Å². The Kier molecular flexibility index (Phi) is 2.20. The van der Waals surface area contributed by atoms with Gasteiger partial charge < -0.3 is 4.57 Å². The van der Waals surface area contributed by atoms with Crippen LogP contribution < -0.4 is 5.56 Å². The van der Waals surface area contributed by atoms with Gasteiger partial charge in [0.15, 0.2) is 0 Å². The van der Waals surface area contributed by atoms with Crippen molar-refractivity contribution in [1.29, 1.82) is 0 Å². The lowest BCUT2D eigenvalue weighted by Crippen LogP contribution is -2.18. The minimum atomic E-state index is -0.516. The van der Waals surface area contributed by atoms with Crippen molar-refractivity contribution in [2.45, 2.75) is 6.54 Å². The summed E-state index contributed by atoms with van der Waals surface area (Å²) >= 11 is 0. The van der Waals surface area contributed by atoms with E-state index in [-0.39, 0.29) is 12.1 Å². The maximum Gasteiger partial charge on any atom is 0.250 e. The van der Waals surface area contributed by atoms with Gasteiger partial charge in [0.05, 0.1) is 6.54 Å². The van der Waals surface area contributed by atoms with Crippen molar-refractivity contribution >= 4 is 0 Å². The zero-order valence-electron chi connectivity index (χ0n) is 5.38. The maximum absolute atomic E-state index is 11.7. The molecule has 0 unspecified atom stereocenters. The van der Waals surface area contributed by atoms with Gasteiger partial charge in [0.25, 0.3) is 5.56 Å². The first kappa shape index (κ1) is 6.99. The third kappa shape index (κ3) is 1.43. The Morgan fingerprint density at radius 1 is 1.70 bits per heavy atom. The molecule has 10 heavy (non-hydrogen) atoms. The van der Waals surface area contributed by atoms with Gasteiger partial charge in [-0.05, 0) is 12.1 Å². The molecular formula is C7H7FNO. The lowest BCUT2D eigenvalue weighted by Gasteiger charge is -1.97. The number of hydrogen-bond donors (Lipinski definition) is 0. The molecule has 53 valence electrons. The molecule has 0 aliphatic rings. The van der Waals surface area contributed by atoms with Crippen molar-refractivity contribution < 1.29 is 4.39 Å². The van der Waals surface area contributed by atoms with E-state index in [0.29, 0.717) is 0 Å². The van der Waals surface area contributed by atoms with Gasteiger partial charge in [0.2, 0.25) is 0 Å². The van der Waals surface area contributed by atoms with Crippen LogP contribution in [0.15, 0.2) is 23.1 Å². The average Bonchev–Trinajstić information content (AvgIpc) is 1.94. The van der Waals surface area contributed by atoms with Crippen molar-refractivity contribution in [2.75, 3.05) is 6.67 Å². The monoisotopic (exact) mass is 140 g/mol. The summed E-state index contributed by atoms with van der Waals surface area (Å²) in [5.41, 5.74) is -0.184. The fraction of sp³-hybridized carbons (Fsp3) is 0.286. The highest BCUT2D eigenvalue weighted by atomic mass is 19.1. The van der Waals surface area contributed by atoms with Crippen LogP contribution in [0, 0.1) is 6.07 Å². The second-order valence-corrected chi connectivity index (χ2v) is 1.85. The van der Waals surface area contributed by atoms with E-state index in [9.17, 15) is 9.18 Å². The van der Waals surface area contributed by atoms with E-state index in [0.717, 1.165) is 0 Å². The zero-order chi connectivity index (χ0) is 7.40. The highest BCUT2D eigenvalue weighted by molar-refractivity contribution is 4.91. The van der Waals surface area contributed by atoms with E-state index in [1.54, 1.807) is 0 Å². The van der Waals surface area contributed by atoms with E-state index in [1.165, 1.54) is 22.9 Å². The molecule has 0 amide bonds. The van der Waals surface area contributed by atoms with Gasteiger partial charge in [-0.2, -0.15) is 0 Å². The fourth-order valence-corrected chi connectivity index (χ4v) is 0.678. The quantitative estimate of drug-likeness (QED) is 0.590. The predicted octanol–water partition coefficient (Wildman–Crippen LogP) is 0.618. The maximum atomic E-state index is 11.7. The number of aromatic nitrogens is 1. The third-order valence-electron chi connectivity index (χ3n) is 1.16. The molecule has 0 atom stereocenters. The van der Waals surface area contributed by atoms with Gasteiger partial charge in [0, 0.05) is 12.3 Å². The van der Waals surface area contributed by atoms with Crippen LogP contribution >= 0.6 is 0 Å². The molecular weight excluding hydrogens is 133 g/mol. The number of alkyl halides is 1. The summed E-state index contributed by atoms with van der Waals surface area (Å²) in [6, 6.07) is 5.55. The first-order valence-corrected chi connectivity index (χ1v) is 2.97. The number of pyridine rings is 1. The van der Waals surface area contributed by atoms with Crippen molar-refractivity contribution in [1.82, 2.24) is 4.57 Å². The Morgan fingerprint density at radius 3 is 3.10 bits per heavy atom. The van der Waals surface area contributed by atoms with E-state index >= 15 is 0 Å². The Balaban J connectivity index is 2.92. The Morgan fingerprint density at radius 2 is 2.50 bits per heavy atom. The lowest BCUT2D eigenvalue weighted by molar-refractivity contribution is 0.440. The summed E-state index contributed by atoms with van der Waals surface area (Å²) in [7, 11) is 0. The zero-order valence-corrected chi connectivity index (χ0v) is 5.38. The van der Waals surface area contributed by atoms with E-state index < -0.39 is 6.67 Å². The number of rotatable bonds is 2. The minimum Gasteiger partial charge on any atom is -0.312 e. The molecule has 0 aliphatic carbocycles. The number of halogens is 1. The third-order valence-corrected chi connectivity index (χ3v) is 1.16. The summed E-state index contributed by atoms with van der Waals surface area (Å²) in [6.45, 7) is -0.395. The Bertz CT molecular complexity index is 256.